The third-order valence-corrected chi connectivity index (χ3v) is 4.99. The van der Waals surface area contributed by atoms with Crippen LogP contribution in [-0.2, 0) is 11.2 Å². The quantitative estimate of drug-likeness (QED) is 0.128. The number of hydrogen-bond acceptors (Lipinski definition) is 2. The molecule has 0 aliphatic carbocycles. The van der Waals surface area contributed by atoms with Crippen molar-refractivity contribution in [1.29, 1.82) is 0 Å². The molecule has 0 fully saturated rings. The van der Waals surface area contributed by atoms with Crippen LogP contribution in [0.4, 0.5) is 0 Å². The van der Waals surface area contributed by atoms with Crippen molar-refractivity contribution in [1.82, 2.24) is 0 Å². The van der Waals surface area contributed by atoms with E-state index in [1.165, 1.54) is 95.1 Å². The van der Waals surface area contributed by atoms with Gasteiger partial charge in [-0.3, -0.25) is 0 Å². The zero-order valence-electron chi connectivity index (χ0n) is 17.7. The van der Waals surface area contributed by atoms with Crippen LogP contribution in [-0.4, -0.2) is 5.97 Å². The van der Waals surface area contributed by atoms with E-state index in [1.807, 2.05) is 25.1 Å². The van der Waals surface area contributed by atoms with Crippen LogP contribution >= 0.6 is 0 Å². The smallest absolute Gasteiger partial charge is 0.335 e. The van der Waals surface area contributed by atoms with Gasteiger partial charge in [0.05, 0.1) is 0 Å². The van der Waals surface area contributed by atoms with Gasteiger partial charge < -0.3 is 4.74 Å². The van der Waals surface area contributed by atoms with Gasteiger partial charge in [-0.25, -0.2) is 4.79 Å². The SMILES string of the molecule is CC=CC(=O)Oc1cccc(CCCCCCCCCCCCCCC)c1. The maximum absolute atomic E-state index is 11.5. The lowest BCUT2D eigenvalue weighted by molar-refractivity contribution is -0.129. The summed E-state index contributed by atoms with van der Waals surface area (Å²) in [5, 5.41) is 0. The number of hydrogen-bond donors (Lipinski definition) is 0. The van der Waals surface area contributed by atoms with Gasteiger partial charge in [0.2, 0.25) is 0 Å². The third kappa shape index (κ3) is 13.3. The van der Waals surface area contributed by atoms with E-state index in [4.69, 9.17) is 4.74 Å². The Hall–Kier alpha value is -1.57. The van der Waals surface area contributed by atoms with E-state index in [0.717, 1.165) is 6.42 Å². The lowest BCUT2D eigenvalue weighted by Crippen LogP contribution is -2.03. The average molecular weight is 373 g/mol. The minimum atomic E-state index is -0.310. The second kappa shape index (κ2) is 16.6. The molecule has 2 nitrogen and oxygen atoms in total. The van der Waals surface area contributed by atoms with E-state index in [2.05, 4.69) is 13.0 Å². The number of allylic oxidation sites excluding steroid dienone is 1. The molecule has 27 heavy (non-hydrogen) atoms. The summed E-state index contributed by atoms with van der Waals surface area (Å²) in [7, 11) is 0. The lowest BCUT2D eigenvalue weighted by Gasteiger charge is -2.06. The first-order valence-electron chi connectivity index (χ1n) is 11.2. The number of esters is 1. The molecule has 0 atom stereocenters. The zero-order valence-corrected chi connectivity index (χ0v) is 17.7. The van der Waals surface area contributed by atoms with Crippen molar-refractivity contribution in [3.63, 3.8) is 0 Å². The van der Waals surface area contributed by atoms with Crippen LogP contribution in [0.25, 0.3) is 0 Å². The predicted molar refractivity (Wildman–Crippen MR) is 116 cm³/mol. The number of ether oxygens (including phenoxy) is 1. The molecule has 0 spiro atoms. The van der Waals surface area contributed by atoms with E-state index in [1.54, 1.807) is 6.08 Å². The number of unbranched alkanes of at least 4 members (excludes halogenated alkanes) is 12. The van der Waals surface area contributed by atoms with Gasteiger partial charge in [-0.15, -0.1) is 0 Å². The normalized spacial score (nSPS) is 11.2. The second-order valence-corrected chi connectivity index (χ2v) is 7.56. The Balaban J connectivity index is 2.00. The Morgan fingerprint density at radius 1 is 0.852 bits per heavy atom. The van der Waals surface area contributed by atoms with Crippen LogP contribution in [0.3, 0.4) is 0 Å². The van der Waals surface area contributed by atoms with Crippen LogP contribution in [0.15, 0.2) is 36.4 Å². The van der Waals surface area contributed by atoms with Crippen LogP contribution < -0.4 is 4.74 Å². The van der Waals surface area contributed by atoms with Crippen LogP contribution in [0, 0.1) is 0 Å². The Morgan fingerprint density at radius 3 is 1.96 bits per heavy atom. The Kier molecular flexibility index (Phi) is 14.4. The highest BCUT2D eigenvalue weighted by Crippen LogP contribution is 2.17. The summed E-state index contributed by atoms with van der Waals surface area (Å²) in [5.41, 5.74) is 1.25. The van der Waals surface area contributed by atoms with Crippen molar-refractivity contribution in [3.8, 4) is 5.75 Å². The van der Waals surface area contributed by atoms with E-state index in [0.29, 0.717) is 5.75 Å². The fourth-order valence-corrected chi connectivity index (χ4v) is 3.40. The molecular weight excluding hydrogens is 332 g/mol. The van der Waals surface area contributed by atoms with Gasteiger partial charge in [0, 0.05) is 6.08 Å². The van der Waals surface area contributed by atoms with E-state index in [9.17, 15) is 4.79 Å². The standard InChI is InChI=1S/C25H40O2/c1-3-5-6-7-8-9-10-11-12-13-14-15-16-19-23-20-17-21-24(22-23)27-25(26)18-4-2/h4,17-18,20-22H,3,5-16,19H2,1-2H3. The van der Waals surface area contributed by atoms with Crippen molar-refractivity contribution < 1.29 is 9.53 Å². The summed E-state index contributed by atoms with van der Waals surface area (Å²) in [6.45, 7) is 4.09. The second-order valence-electron chi connectivity index (χ2n) is 7.56. The first-order valence-corrected chi connectivity index (χ1v) is 11.2. The number of aryl methyl sites for hydroxylation is 1. The zero-order chi connectivity index (χ0) is 19.6. The first kappa shape index (κ1) is 23.5. The summed E-state index contributed by atoms with van der Waals surface area (Å²) in [6, 6.07) is 7.92. The molecule has 0 aliphatic heterocycles. The molecule has 1 rings (SSSR count). The molecule has 0 saturated carbocycles. The molecule has 0 unspecified atom stereocenters. The van der Waals surface area contributed by atoms with Gasteiger partial charge in [0.15, 0.2) is 0 Å². The highest BCUT2D eigenvalue weighted by Gasteiger charge is 2.02. The summed E-state index contributed by atoms with van der Waals surface area (Å²) >= 11 is 0. The fraction of sp³-hybridized carbons (Fsp3) is 0.640. The molecule has 0 amide bonds. The number of benzene rings is 1. The van der Waals surface area contributed by atoms with Crippen LogP contribution in [0.5, 0.6) is 5.75 Å². The van der Waals surface area contributed by atoms with Crippen LogP contribution in [0.1, 0.15) is 103 Å². The minimum Gasteiger partial charge on any atom is -0.423 e. The number of rotatable bonds is 16. The van der Waals surface area contributed by atoms with Crippen molar-refractivity contribution in [2.45, 2.75) is 104 Å². The Bertz CT molecular complexity index is 519. The van der Waals surface area contributed by atoms with Crippen LogP contribution in [0.2, 0.25) is 0 Å². The maximum atomic E-state index is 11.5. The molecular formula is C25H40O2. The lowest BCUT2D eigenvalue weighted by atomic mass is 10.0. The van der Waals surface area contributed by atoms with Crippen molar-refractivity contribution in [3.05, 3.63) is 42.0 Å². The molecule has 1 aromatic rings. The minimum absolute atomic E-state index is 0.310. The molecule has 0 radical (unpaired) electrons. The molecule has 0 bridgehead atoms. The van der Waals surface area contributed by atoms with Gasteiger partial charge in [-0.2, -0.15) is 0 Å². The van der Waals surface area contributed by atoms with E-state index >= 15 is 0 Å². The van der Waals surface area contributed by atoms with Gasteiger partial charge in [0.25, 0.3) is 0 Å². The van der Waals surface area contributed by atoms with E-state index in [-0.39, 0.29) is 5.97 Å². The van der Waals surface area contributed by atoms with Crippen molar-refractivity contribution in [2.24, 2.45) is 0 Å². The first-order chi connectivity index (χ1) is 13.3. The maximum Gasteiger partial charge on any atom is 0.335 e. The molecule has 0 heterocycles. The Morgan fingerprint density at radius 2 is 1.41 bits per heavy atom. The van der Waals surface area contributed by atoms with Crippen molar-refractivity contribution in [2.75, 3.05) is 0 Å². The number of carbonyl (C=O) groups excluding carboxylic acids is 1. The topological polar surface area (TPSA) is 26.3 Å². The molecule has 2 heteroatoms. The summed E-state index contributed by atoms with van der Waals surface area (Å²) in [4.78, 5) is 11.5. The highest BCUT2D eigenvalue weighted by atomic mass is 16.5. The molecule has 1 aromatic carbocycles. The fourth-order valence-electron chi connectivity index (χ4n) is 3.40. The van der Waals surface area contributed by atoms with E-state index < -0.39 is 0 Å². The highest BCUT2D eigenvalue weighted by molar-refractivity contribution is 5.83. The van der Waals surface area contributed by atoms with Gasteiger partial charge >= 0.3 is 5.97 Å². The largest absolute Gasteiger partial charge is 0.423 e. The van der Waals surface area contributed by atoms with Gasteiger partial charge in [-0.05, 0) is 37.5 Å². The Labute approximate surface area is 167 Å². The van der Waals surface area contributed by atoms with Crippen molar-refractivity contribution >= 4 is 5.97 Å². The summed E-state index contributed by atoms with van der Waals surface area (Å²) in [6.07, 6.45) is 22.1. The molecule has 0 aromatic heterocycles. The number of carbonyl (C=O) groups is 1. The summed E-state index contributed by atoms with van der Waals surface area (Å²) in [5.74, 6) is 0.334. The van der Waals surface area contributed by atoms with Gasteiger partial charge in [-0.1, -0.05) is 102 Å². The molecule has 0 aliphatic rings. The third-order valence-electron chi connectivity index (χ3n) is 4.99. The molecule has 152 valence electrons. The molecule has 0 N–H and O–H groups in total. The summed E-state index contributed by atoms with van der Waals surface area (Å²) < 4.78 is 5.29. The van der Waals surface area contributed by atoms with Gasteiger partial charge in [0.1, 0.15) is 5.75 Å². The molecule has 0 saturated heterocycles. The predicted octanol–water partition coefficient (Wildman–Crippen LogP) is 7.80. The average Bonchev–Trinajstić information content (AvgIpc) is 2.66. The monoisotopic (exact) mass is 372 g/mol.